The Balaban J connectivity index is 2.76. The van der Waals surface area contributed by atoms with Gasteiger partial charge in [0, 0.05) is 7.11 Å². The van der Waals surface area contributed by atoms with Crippen molar-refractivity contribution < 1.29 is 28.6 Å². The topological polar surface area (TPSA) is 84.9 Å². The zero-order valence-corrected chi connectivity index (χ0v) is 10.5. The minimum absolute atomic E-state index is 0.0609. The lowest BCUT2D eigenvalue weighted by molar-refractivity contribution is -0.148. The van der Waals surface area contributed by atoms with E-state index in [0.717, 1.165) is 0 Å². The highest BCUT2D eigenvalue weighted by molar-refractivity contribution is 5.95. The first-order valence-electron chi connectivity index (χ1n) is 5.37. The van der Waals surface area contributed by atoms with E-state index in [-0.39, 0.29) is 17.9 Å². The van der Waals surface area contributed by atoms with Crippen LogP contribution in [0, 0.1) is 5.82 Å². The van der Waals surface area contributed by atoms with Crippen LogP contribution in [0.25, 0.3) is 0 Å². The minimum Gasteiger partial charge on any atom is -0.494 e. The Hall–Kier alpha value is -2.15. The van der Waals surface area contributed by atoms with Gasteiger partial charge in [0.15, 0.2) is 17.7 Å². The third-order valence-electron chi connectivity index (χ3n) is 2.44. The molecule has 7 heteroatoms. The van der Waals surface area contributed by atoms with Crippen LogP contribution < -0.4 is 10.1 Å². The summed E-state index contributed by atoms with van der Waals surface area (Å²) in [4.78, 5) is 22.4. The van der Waals surface area contributed by atoms with Crippen LogP contribution in [0.2, 0.25) is 0 Å². The van der Waals surface area contributed by atoms with Gasteiger partial charge in [-0.25, -0.2) is 9.18 Å². The molecule has 104 valence electrons. The number of rotatable bonds is 6. The van der Waals surface area contributed by atoms with Crippen molar-refractivity contribution in [3.63, 3.8) is 0 Å². The molecule has 1 rings (SSSR count). The summed E-state index contributed by atoms with van der Waals surface area (Å²) in [5, 5.41) is 11.0. The summed E-state index contributed by atoms with van der Waals surface area (Å²) < 4.78 is 23.1. The lowest BCUT2D eigenvalue weighted by Gasteiger charge is -2.12. The second kappa shape index (κ2) is 6.69. The highest BCUT2D eigenvalue weighted by atomic mass is 19.1. The van der Waals surface area contributed by atoms with E-state index in [0.29, 0.717) is 0 Å². The van der Waals surface area contributed by atoms with Gasteiger partial charge in [-0.05, 0) is 12.1 Å². The Morgan fingerprint density at radius 3 is 2.63 bits per heavy atom. The van der Waals surface area contributed by atoms with Gasteiger partial charge in [0.25, 0.3) is 5.91 Å². The molecule has 1 aromatic rings. The van der Waals surface area contributed by atoms with E-state index < -0.39 is 23.8 Å². The Morgan fingerprint density at radius 2 is 2.11 bits per heavy atom. The van der Waals surface area contributed by atoms with E-state index in [4.69, 9.17) is 9.84 Å². The number of amides is 1. The monoisotopic (exact) mass is 271 g/mol. The van der Waals surface area contributed by atoms with Crippen LogP contribution in [-0.4, -0.2) is 43.9 Å². The van der Waals surface area contributed by atoms with Gasteiger partial charge in [-0.2, -0.15) is 0 Å². The molecule has 1 aromatic carbocycles. The third-order valence-corrected chi connectivity index (χ3v) is 2.44. The average molecular weight is 271 g/mol. The molecule has 1 atom stereocenters. The number of benzene rings is 1. The minimum atomic E-state index is -1.21. The van der Waals surface area contributed by atoms with Gasteiger partial charge in [-0.3, -0.25) is 4.79 Å². The number of methoxy groups -OCH3 is 2. The van der Waals surface area contributed by atoms with E-state index in [1.54, 1.807) is 0 Å². The molecule has 6 nitrogen and oxygen atoms in total. The van der Waals surface area contributed by atoms with E-state index in [1.807, 2.05) is 0 Å². The summed E-state index contributed by atoms with van der Waals surface area (Å²) in [6, 6.07) is 4.11. The number of carbonyl (C=O) groups excluding carboxylic acids is 1. The number of halogens is 1. The lowest BCUT2D eigenvalue weighted by Crippen LogP contribution is -2.38. The number of aliphatic carboxylic acids is 1. The SMILES string of the molecule is COc1cccc(C(=O)NCC(OC)C(=O)O)c1F. The van der Waals surface area contributed by atoms with Gasteiger partial charge < -0.3 is 19.9 Å². The first-order valence-corrected chi connectivity index (χ1v) is 5.37. The predicted octanol–water partition coefficient (Wildman–Crippen LogP) is 0.664. The summed E-state index contributed by atoms with van der Waals surface area (Å²) in [7, 11) is 2.49. The summed E-state index contributed by atoms with van der Waals surface area (Å²) in [5.41, 5.74) is -0.223. The van der Waals surface area contributed by atoms with E-state index in [9.17, 15) is 14.0 Å². The molecule has 0 aliphatic rings. The van der Waals surface area contributed by atoms with Gasteiger partial charge in [-0.1, -0.05) is 6.07 Å². The molecule has 19 heavy (non-hydrogen) atoms. The molecule has 0 radical (unpaired) electrons. The highest BCUT2D eigenvalue weighted by Gasteiger charge is 2.20. The zero-order chi connectivity index (χ0) is 14.4. The number of hydrogen-bond acceptors (Lipinski definition) is 4. The molecule has 0 spiro atoms. The van der Waals surface area contributed by atoms with Gasteiger partial charge in [0.2, 0.25) is 0 Å². The Kier molecular flexibility index (Phi) is 5.25. The summed E-state index contributed by atoms with van der Waals surface area (Å²) >= 11 is 0. The first-order chi connectivity index (χ1) is 9.01. The van der Waals surface area contributed by atoms with E-state index in [1.165, 1.54) is 32.4 Å². The molecule has 1 unspecified atom stereocenters. The van der Waals surface area contributed by atoms with Crippen molar-refractivity contribution in [1.29, 1.82) is 0 Å². The lowest BCUT2D eigenvalue weighted by atomic mass is 10.2. The molecule has 0 aliphatic carbocycles. The fraction of sp³-hybridized carbons (Fsp3) is 0.333. The van der Waals surface area contributed by atoms with E-state index in [2.05, 4.69) is 10.1 Å². The second-order valence-electron chi connectivity index (χ2n) is 3.59. The highest BCUT2D eigenvalue weighted by Crippen LogP contribution is 2.19. The van der Waals surface area contributed by atoms with E-state index >= 15 is 0 Å². The van der Waals surface area contributed by atoms with Crippen LogP contribution in [0.4, 0.5) is 4.39 Å². The van der Waals surface area contributed by atoms with Gasteiger partial charge in [0.1, 0.15) is 0 Å². The molecule has 0 fully saturated rings. The third kappa shape index (κ3) is 3.65. The zero-order valence-electron chi connectivity index (χ0n) is 10.5. The molecular formula is C12H14FNO5. The number of carbonyl (C=O) groups is 2. The molecule has 0 saturated carbocycles. The largest absolute Gasteiger partial charge is 0.494 e. The fourth-order valence-electron chi connectivity index (χ4n) is 1.40. The van der Waals surface area contributed by atoms with Gasteiger partial charge in [0.05, 0.1) is 19.2 Å². The summed E-state index contributed by atoms with van der Waals surface area (Å²) in [6.45, 7) is -0.263. The summed E-state index contributed by atoms with van der Waals surface area (Å²) in [5.74, 6) is -2.81. The molecular weight excluding hydrogens is 257 g/mol. The number of carboxylic acids is 1. The Morgan fingerprint density at radius 1 is 1.42 bits per heavy atom. The first kappa shape index (κ1) is 14.9. The van der Waals surface area contributed by atoms with Crippen LogP contribution in [-0.2, 0) is 9.53 Å². The van der Waals surface area contributed by atoms with Crippen LogP contribution in [0.5, 0.6) is 5.75 Å². The van der Waals surface area contributed by atoms with Crippen LogP contribution in [0.3, 0.4) is 0 Å². The normalized spacial score (nSPS) is 11.7. The number of carboxylic acid groups (broad SMARTS) is 1. The maximum atomic E-state index is 13.8. The van der Waals surface area contributed by atoms with Crippen molar-refractivity contribution in [2.24, 2.45) is 0 Å². The average Bonchev–Trinajstić information content (AvgIpc) is 2.39. The molecule has 0 aliphatic heterocycles. The molecule has 0 bridgehead atoms. The van der Waals surface area contributed by atoms with Crippen LogP contribution in [0.1, 0.15) is 10.4 Å². The molecule has 0 aromatic heterocycles. The molecule has 2 N–H and O–H groups in total. The maximum Gasteiger partial charge on any atom is 0.334 e. The quantitative estimate of drug-likeness (QED) is 0.794. The van der Waals surface area contributed by atoms with Crippen molar-refractivity contribution in [2.45, 2.75) is 6.10 Å². The van der Waals surface area contributed by atoms with Gasteiger partial charge >= 0.3 is 5.97 Å². The van der Waals surface area contributed by atoms with Crippen molar-refractivity contribution >= 4 is 11.9 Å². The summed E-state index contributed by atoms with van der Waals surface area (Å²) in [6.07, 6.45) is -1.18. The molecule has 0 heterocycles. The standard InChI is InChI=1S/C12H14FNO5/c1-18-8-5-3-4-7(10(8)13)11(15)14-6-9(19-2)12(16)17/h3-5,9H,6H2,1-2H3,(H,14,15)(H,16,17). The van der Waals surface area contributed by atoms with Crippen LogP contribution >= 0.6 is 0 Å². The number of hydrogen-bond donors (Lipinski definition) is 2. The van der Waals surface area contributed by atoms with Crippen molar-refractivity contribution in [1.82, 2.24) is 5.32 Å². The molecule has 0 saturated heterocycles. The predicted molar refractivity (Wildman–Crippen MR) is 63.7 cm³/mol. The number of ether oxygens (including phenoxy) is 2. The fourth-order valence-corrected chi connectivity index (χ4v) is 1.40. The van der Waals surface area contributed by atoms with Crippen molar-refractivity contribution in [2.75, 3.05) is 20.8 Å². The van der Waals surface area contributed by atoms with Crippen molar-refractivity contribution in [3.8, 4) is 5.75 Å². The maximum absolute atomic E-state index is 13.8. The van der Waals surface area contributed by atoms with Crippen molar-refractivity contribution in [3.05, 3.63) is 29.6 Å². The Bertz CT molecular complexity index is 477. The second-order valence-corrected chi connectivity index (χ2v) is 3.59. The molecule has 1 amide bonds. The smallest absolute Gasteiger partial charge is 0.334 e. The van der Waals surface area contributed by atoms with Gasteiger partial charge in [-0.15, -0.1) is 0 Å². The van der Waals surface area contributed by atoms with Crippen LogP contribution in [0.15, 0.2) is 18.2 Å². The Labute approximate surface area is 109 Å². The number of nitrogens with one attached hydrogen (secondary N) is 1.